The molecule has 6 heteroatoms. The molecule has 5 nitrogen and oxygen atoms in total. The summed E-state index contributed by atoms with van der Waals surface area (Å²) in [4.78, 5) is 21.2. The Morgan fingerprint density at radius 2 is 2.00 bits per heavy atom. The van der Waals surface area contributed by atoms with E-state index < -0.39 is 19.3 Å². The lowest BCUT2D eigenvalue weighted by molar-refractivity contribution is -0.146. The summed E-state index contributed by atoms with van der Waals surface area (Å²) in [6, 6.07) is 9.40. The van der Waals surface area contributed by atoms with E-state index in [1.807, 2.05) is 30.3 Å². The second kappa shape index (κ2) is 8.20. The van der Waals surface area contributed by atoms with Crippen LogP contribution >= 0.6 is 7.37 Å². The zero-order chi connectivity index (χ0) is 15.0. The first-order valence-electron chi connectivity index (χ1n) is 6.53. The summed E-state index contributed by atoms with van der Waals surface area (Å²) < 4.78 is 22.0. The van der Waals surface area contributed by atoms with Gasteiger partial charge in [0.1, 0.15) is 6.35 Å². The first-order chi connectivity index (χ1) is 9.44. The first-order valence-corrected chi connectivity index (χ1v) is 8.56. The molecule has 1 aromatic rings. The largest absolute Gasteiger partial charge is 0.466 e. The molecule has 1 rings (SSSR count). The van der Waals surface area contributed by atoms with Crippen LogP contribution in [-0.4, -0.2) is 30.0 Å². The molecule has 0 bridgehead atoms. The normalized spacial score (nSPS) is 15.3. The lowest BCUT2D eigenvalue weighted by atomic mass is 10.2. The molecular weight excluding hydrogens is 279 g/mol. The SMILES string of the molecule is CCOC(=O)C(C)CP(=O)(O)COCc1ccccc1. The van der Waals surface area contributed by atoms with E-state index in [1.54, 1.807) is 13.8 Å². The number of hydrogen-bond donors (Lipinski definition) is 1. The van der Waals surface area contributed by atoms with Crippen LogP contribution in [0.1, 0.15) is 19.4 Å². The number of esters is 1. The van der Waals surface area contributed by atoms with Crippen LogP contribution in [0.4, 0.5) is 0 Å². The van der Waals surface area contributed by atoms with Crippen molar-refractivity contribution in [1.29, 1.82) is 0 Å². The van der Waals surface area contributed by atoms with Crippen LogP contribution in [0.3, 0.4) is 0 Å². The van der Waals surface area contributed by atoms with E-state index in [0.717, 1.165) is 5.56 Å². The maximum absolute atomic E-state index is 11.9. The fourth-order valence-corrected chi connectivity index (χ4v) is 3.21. The maximum Gasteiger partial charge on any atom is 0.309 e. The number of carbonyl (C=O) groups excluding carboxylic acids is 1. The van der Waals surface area contributed by atoms with Crippen molar-refractivity contribution < 1.29 is 23.7 Å². The molecule has 0 aromatic heterocycles. The fourth-order valence-electron chi connectivity index (χ4n) is 1.72. The highest BCUT2D eigenvalue weighted by Gasteiger charge is 2.26. The van der Waals surface area contributed by atoms with Gasteiger partial charge in [-0.05, 0) is 12.5 Å². The van der Waals surface area contributed by atoms with Crippen LogP contribution < -0.4 is 0 Å². The predicted molar refractivity (Wildman–Crippen MR) is 76.6 cm³/mol. The molecule has 0 fully saturated rings. The second-order valence-corrected chi connectivity index (χ2v) is 6.96. The lowest BCUT2D eigenvalue weighted by Gasteiger charge is -2.16. The monoisotopic (exact) mass is 300 g/mol. The number of benzene rings is 1. The van der Waals surface area contributed by atoms with Crippen LogP contribution in [0.25, 0.3) is 0 Å². The summed E-state index contributed by atoms with van der Waals surface area (Å²) in [5.41, 5.74) is 0.936. The first kappa shape index (κ1) is 16.9. The van der Waals surface area contributed by atoms with Crippen LogP contribution in [0.15, 0.2) is 30.3 Å². The van der Waals surface area contributed by atoms with Gasteiger partial charge in [-0.1, -0.05) is 37.3 Å². The van der Waals surface area contributed by atoms with E-state index in [4.69, 9.17) is 9.47 Å². The summed E-state index contributed by atoms with van der Waals surface area (Å²) in [7, 11) is -3.49. The Morgan fingerprint density at radius 1 is 1.35 bits per heavy atom. The fraction of sp³-hybridized carbons (Fsp3) is 0.500. The molecule has 0 saturated heterocycles. The predicted octanol–water partition coefficient (Wildman–Crippen LogP) is 2.63. The van der Waals surface area contributed by atoms with Crippen LogP contribution in [0.2, 0.25) is 0 Å². The van der Waals surface area contributed by atoms with E-state index in [2.05, 4.69) is 0 Å². The van der Waals surface area contributed by atoms with Gasteiger partial charge in [-0.15, -0.1) is 0 Å². The summed E-state index contributed by atoms with van der Waals surface area (Å²) in [6.45, 7) is 3.83. The Morgan fingerprint density at radius 3 is 2.60 bits per heavy atom. The van der Waals surface area contributed by atoms with Gasteiger partial charge in [0.25, 0.3) is 0 Å². The van der Waals surface area contributed by atoms with Gasteiger partial charge in [0, 0.05) is 6.16 Å². The summed E-state index contributed by atoms with van der Waals surface area (Å²) >= 11 is 0. The van der Waals surface area contributed by atoms with Gasteiger partial charge in [-0.3, -0.25) is 9.36 Å². The Labute approximate surface area is 119 Å². The minimum Gasteiger partial charge on any atom is -0.466 e. The molecular formula is C14H21O5P. The maximum atomic E-state index is 11.9. The highest BCUT2D eigenvalue weighted by atomic mass is 31.2. The van der Waals surface area contributed by atoms with Gasteiger partial charge in [0.15, 0.2) is 0 Å². The second-order valence-electron chi connectivity index (χ2n) is 4.65. The van der Waals surface area contributed by atoms with Gasteiger partial charge < -0.3 is 14.4 Å². The Balaban J connectivity index is 2.37. The molecule has 0 spiro atoms. The molecule has 0 heterocycles. The molecule has 0 radical (unpaired) electrons. The molecule has 0 aliphatic rings. The standard InChI is InChI=1S/C14H21O5P/c1-3-19-14(15)12(2)10-20(16,17)11-18-9-13-7-5-4-6-8-13/h4-8,12H,3,9-11H2,1-2H3,(H,16,17). The lowest BCUT2D eigenvalue weighted by Crippen LogP contribution is -2.19. The van der Waals surface area contributed by atoms with Crippen molar-refractivity contribution in [3.63, 3.8) is 0 Å². The van der Waals surface area contributed by atoms with Crippen molar-refractivity contribution in [1.82, 2.24) is 0 Å². The van der Waals surface area contributed by atoms with E-state index in [9.17, 15) is 14.3 Å². The van der Waals surface area contributed by atoms with Crippen molar-refractivity contribution >= 4 is 13.3 Å². The van der Waals surface area contributed by atoms with Gasteiger partial charge in [-0.2, -0.15) is 0 Å². The molecule has 2 unspecified atom stereocenters. The number of ether oxygens (including phenoxy) is 2. The molecule has 1 N–H and O–H groups in total. The summed E-state index contributed by atoms with van der Waals surface area (Å²) in [5.74, 6) is -1.06. The van der Waals surface area contributed by atoms with Gasteiger partial charge in [0.2, 0.25) is 7.37 Å². The average molecular weight is 300 g/mol. The molecule has 0 saturated carbocycles. The molecule has 2 atom stereocenters. The Kier molecular flexibility index (Phi) is 6.93. The molecule has 1 aromatic carbocycles. The van der Waals surface area contributed by atoms with Crippen molar-refractivity contribution in [3.8, 4) is 0 Å². The van der Waals surface area contributed by atoms with Crippen LogP contribution in [0, 0.1) is 5.92 Å². The third-order valence-corrected chi connectivity index (χ3v) is 4.36. The zero-order valence-corrected chi connectivity index (χ0v) is 12.7. The van der Waals surface area contributed by atoms with Gasteiger partial charge in [0.05, 0.1) is 19.1 Å². The molecule has 20 heavy (non-hydrogen) atoms. The van der Waals surface area contributed by atoms with Gasteiger partial charge in [-0.25, -0.2) is 0 Å². The number of hydrogen-bond acceptors (Lipinski definition) is 4. The highest BCUT2D eigenvalue weighted by molar-refractivity contribution is 7.57. The Hall–Kier alpha value is -1.16. The topological polar surface area (TPSA) is 72.8 Å². The van der Waals surface area contributed by atoms with E-state index in [0.29, 0.717) is 0 Å². The molecule has 0 aliphatic heterocycles. The third kappa shape index (κ3) is 6.33. The zero-order valence-electron chi connectivity index (χ0n) is 11.8. The Bertz CT molecular complexity index is 460. The van der Waals surface area contributed by atoms with Crippen molar-refractivity contribution in [2.75, 3.05) is 19.1 Å². The average Bonchev–Trinajstić information content (AvgIpc) is 2.39. The smallest absolute Gasteiger partial charge is 0.309 e. The van der Waals surface area contributed by atoms with E-state index in [-0.39, 0.29) is 25.7 Å². The highest BCUT2D eigenvalue weighted by Crippen LogP contribution is 2.42. The minimum atomic E-state index is -3.49. The summed E-state index contributed by atoms with van der Waals surface area (Å²) in [6.07, 6.45) is -0.383. The van der Waals surface area contributed by atoms with Crippen LogP contribution in [0.5, 0.6) is 0 Å². The van der Waals surface area contributed by atoms with Crippen molar-refractivity contribution in [2.45, 2.75) is 20.5 Å². The molecule has 0 amide bonds. The molecule has 0 aliphatic carbocycles. The minimum absolute atomic E-state index is 0.124. The molecule has 112 valence electrons. The summed E-state index contributed by atoms with van der Waals surface area (Å²) in [5, 5.41) is 0. The van der Waals surface area contributed by atoms with E-state index >= 15 is 0 Å². The van der Waals surface area contributed by atoms with E-state index in [1.165, 1.54) is 0 Å². The number of carbonyl (C=O) groups is 1. The third-order valence-electron chi connectivity index (χ3n) is 2.65. The number of rotatable bonds is 8. The van der Waals surface area contributed by atoms with Gasteiger partial charge >= 0.3 is 5.97 Å². The van der Waals surface area contributed by atoms with Crippen LogP contribution in [-0.2, 0) is 25.4 Å². The van der Waals surface area contributed by atoms with Crippen molar-refractivity contribution in [3.05, 3.63) is 35.9 Å². The quantitative estimate of drug-likeness (QED) is 0.590. The van der Waals surface area contributed by atoms with Crippen molar-refractivity contribution in [2.24, 2.45) is 5.92 Å².